The molecular formula is C16H24N6O2. The predicted octanol–water partition coefficient (Wildman–Crippen LogP) is 0.638. The second-order valence-electron chi connectivity index (χ2n) is 6.82. The first-order chi connectivity index (χ1) is 11.5. The van der Waals surface area contributed by atoms with Crippen LogP contribution < -0.4 is 0 Å². The molecule has 0 saturated carbocycles. The van der Waals surface area contributed by atoms with Crippen molar-refractivity contribution < 1.29 is 9.90 Å². The highest BCUT2D eigenvalue weighted by Crippen LogP contribution is 2.34. The maximum atomic E-state index is 12.5. The molecule has 1 aliphatic heterocycles. The van der Waals surface area contributed by atoms with Gasteiger partial charge in [0, 0.05) is 31.2 Å². The molecule has 2 atom stereocenters. The number of carbonyl (C=O) groups excluding carboxylic acids is 1. The van der Waals surface area contributed by atoms with Crippen LogP contribution in [0, 0.1) is 11.3 Å². The van der Waals surface area contributed by atoms with Crippen molar-refractivity contribution >= 4 is 5.91 Å². The Kier molecular flexibility index (Phi) is 4.40. The van der Waals surface area contributed by atoms with Crippen LogP contribution >= 0.6 is 0 Å². The van der Waals surface area contributed by atoms with Gasteiger partial charge in [0.1, 0.15) is 12.2 Å². The van der Waals surface area contributed by atoms with E-state index in [1.54, 1.807) is 22.0 Å². The molecule has 3 heterocycles. The van der Waals surface area contributed by atoms with E-state index < -0.39 is 0 Å². The van der Waals surface area contributed by atoms with Gasteiger partial charge in [0.2, 0.25) is 5.91 Å². The lowest BCUT2D eigenvalue weighted by Crippen LogP contribution is -2.35. The van der Waals surface area contributed by atoms with Crippen molar-refractivity contribution in [3.05, 3.63) is 18.5 Å². The molecule has 0 spiro atoms. The van der Waals surface area contributed by atoms with Gasteiger partial charge in [0.05, 0.1) is 18.5 Å². The first-order valence-electron chi connectivity index (χ1n) is 8.28. The van der Waals surface area contributed by atoms with Crippen LogP contribution in [-0.2, 0) is 17.9 Å². The molecule has 130 valence electrons. The monoisotopic (exact) mass is 332 g/mol. The van der Waals surface area contributed by atoms with Crippen molar-refractivity contribution in [2.75, 3.05) is 19.7 Å². The smallest absolute Gasteiger partial charge is 0.244 e. The average Bonchev–Trinajstić information content (AvgIpc) is 3.27. The molecule has 8 nitrogen and oxygen atoms in total. The number of likely N-dealkylation sites (tertiary alicyclic amines) is 1. The average molecular weight is 332 g/mol. The topological polar surface area (TPSA) is 89.1 Å². The zero-order chi connectivity index (χ0) is 17.3. The van der Waals surface area contributed by atoms with Gasteiger partial charge in [0.15, 0.2) is 0 Å². The summed E-state index contributed by atoms with van der Waals surface area (Å²) in [4.78, 5) is 14.3. The molecule has 3 rings (SSSR count). The van der Waals surface area contributed by atoms with Gasteiger partial charge in [-0.2, -0.15) is 5.10 Å². The van der Waals surface area contributed by atoms with Crippen LogP contribution in [0.1, 0.15) is 20.8 Å². The van der Waals surface area contributed by atoms with E-state index in [0.717, 1.165) is 12.2 Å². The van der Waals surface area contributed by atoms with E-state index in [1.807, 2.05) is 24.6 Å². The Balaban J connectivity index is 1.68. The van der Waals surface area contributed by atoms with Crippen molar-refractivity contribution in [2.45, 2.75) is 33.9 Å². The lowest BCUT2D eigenvalue weighted by atomic mass is 9.82. The first-order valence-corrected chi connectivity index (χ1v) is 8.28. The van der Waals surface area contributed by atoms with Crippen molar-refractivity contribution in [3.63, 3.8) is 0 Å². The Labute approximate surface area is 141 Å². The summed E-state index contributed by atoms with van der Waals surface area (Å²) in [5, 5.41) is 22.0. The van der Waals surface area contributed by atoms with Crippen LogP contribution in [0.5, 0.6) is 0 Å². The molecule has 2 aromatic heterocycles. The molecular weight excluding hydrogens is 308 g/mol. The normalized spacial score (nSPS) is 23.8. The maximum Gasteiger partial charge on any atom is 0.244 e. The summed E-state index contributed by atoms with van der Waals surface area (Å²) in [5.41, 5.74) is 1.37. The fourth-order valence-corrected chi connectivity index (χ4v) is 3.14. The lowest BCUT2D eigenvalue weighted by Gasteiger charge is -2.25. The van der Waals surface area contributed by atoms with Gasteiger partial charge in [-0.25, -0.2) is 4.68 Å². The van der Waals surface area contributed by atoms with Crippen LogP contribution in [0.4, 0.5) is 0 Å². The summed E-state index contributed by atoms with van der Waals surface area (Å²) >= 11 is 0. The minimum absolute atomic E-state index is 0.000487. The van der Waals surface area contributed by atoms with E-state index in [2.05, 4.69) is 22.3 Å². The zero-order valence-corrected chi connectivity index (χ0v) is 14.4. The highest BCUT2D eigenvalue weighted by atomic mass is 16.3. The number of aliphatic hydroxyl groups excluding tert-OH is 1. The molecule has 8 heteroatoms. The van der Waals surface area contributed by atoms with Crippen LogP contribution in [0.2, 0.25) is 0 Å². The fraction of sp³-hybridized carbons (Fsp3) is 0.625. The van der Waals surface area contributed by atoms with Crippen molar-refractivity contribution in [1.29, 1.82) is 0 Å². The van der Waals surface area contributed by atoms with Crippen LogP contribution in [0.3, 0.4) is 0 Å². The standard InChI is InChI=1S/C16H24N6O2/c1-4-22-14(5-6-17-22)13-8-21(19-18-13)9-15(24)20-7-12(2)16(3,10-20)11-23/h5-6,8,12,23H,4,7,9-11H2,1-3H3. The first kappa shape index (κ1) is 16.6. The van der Waals surface area contributed by atoms with Crippen LogP contribution in [0.15, 0.2) is 18.5 Å². The molecule has 1 saturated heterocycles. The second-order valence-corrected chi connectivity index (χ2v) is 6.82. The van der Waals surface area contributed by atoms with Crippen LogP contribution in [-0.4, -0.2) is 60.4 Å². The highest BCUT2D eigenvalue weighted by molar-refractivity contribution is 5.76. The van der Waals surface area contributed by atoms with E-state index in [0.29, 0.717) is 18.8 Å². The highest BCUT2D eigenvalue weighted by Gasteiger charge is 2.41. The molecule has 1 aliphatic rings. The van der Waals surface area contributed by atoms with E-state index in [4.69, 9.17) is 0 Å². The van der Waals surface area contributed by atoms with E-state index >= 15 is 0 Å². The number of aromatic nitrogens is 5. The Hall–Kier alpha value is -2.22. The molecule has 0 aliphatic carbocycles. The van der Waals surface area contributed by atoms with Gasteiger partial charge in [-0.15, -0.1) is 5.10 Å². The van der Waals surface area contributed by atoms with Crippen LogP contribution in [0.25, 0.3) is 11.4 Å². The fourth-order valence-electron chi connectivity index (χ4n) is 3.14. The molecule has 0 radical (unpaired) electrons. The summed E-state index contributed by atoms with van der Waals surface area (Å²) in [7, 11) is 0. The number of amides is 1. The minimum atomic E-state index is -0.225. The summed E-state index contributed by atoms with van der Waals surface area (Å²) in [5.74, 6) is 0.274. The zero-order valence-electron chi connectivity index (χ0n) is 14.4. The third-order valence-corrected chi connectivity index (χ3v) is 5.06. The number of aliphatic hydroxyl groups is 1. The largest absolute Gasteiger partial charge is 0.396 e. The third kappa shape index (κ3) is 2.93. The van der Waals surface area contributed by atoms with E-state index in [-0.39, 0.29) is 30.4 Å². The number of carbonyl (C=O) groups is 1. The quantitative estimate of drug-likeness (QED) is 0.868. The number of aryl methyl sites for hydroxylation is 1. The van der Waals surface area contributed by atoms with Gasteiger partial charge in [-0.3, -0.25) is 9.48 Å². The summed E-state index contributed by atoms with van der Waals surface area (Å²) < 4.78 is 3.40. The summed E-state index contributed by atoms with van der Waals surface area (Å²) in [6.07, 6.45) is 3.50. The number of nitrogens with zero attached hydrogens (tertiary/aromatic N) is 6. The van der Waals surface area contributed by atoms with Crippen molar-refractivity contribution in [3.8, 4) is 11.4 Å². The SMILES string of the molecule is CCn1nccc1-c1cn(CC(=O)N2CC(C)C(C)(CO)C2)nn1. The summed E-state index contributed by atoms with van der Waals surface area (Å²) in [6, 6.07) is 1.88. The van der Waals surface area contributed by atoms with E-state index in [1.165, 1.54) is 0 Å². The Morgan fingerprint density at radius 2 is 2.29 bits per heavy atom. The molecule has 2 unspecified atom stereocenters. The van der Waals surface area contributed by atoms with Gasteiger partial charge in [-0.1, -0.05) is 19.1 Å². The molecule has 1 fully saturated rings. The molecule has 2 aromatic rings. The van der Waals surface area contributed by atoms with E-state index in [9.17, 15) is 9.90 Å². The second kappa shape index (κ2) is 6.35. The Morgan fingerprint density at radius 3 is 2.96 bits per heavy atom. The predicted molar refractivity (Wildman–Crippen MR) is 87.9 cm³/mol. The van der Waals surface area contributed by atoms with Crippen molar-refractivity contribution in [2.24, 2.45) is 11.3 Å². The molecule has 1 N–H and O–H groups in total. The third-order valence-electron chi connectivity index (χ3n) is 5.06. The Bertz CT molecular complexity index is 724. The molecule has 24 heavy (non-hydrogen) atoms. The lowest BCUT2D eigenvalue weighted by molar-refractivity contribution is -0.131. The van der Waals surface area contributed by atoms with Gasteiger partial charge in [0.25, 0.3) is 0 Å². The van der Waals surface area contributed by atoms with Crippen molar-refractivity contribution in [1.82, 2.24) is 29.7 Å². The maximum absolute atomic E-state index is 12.5. The molecule has 0 bridgehead atoms. The summed E-state index contributed by atoms with van der Waals surface area (Å²) in [6.45, 7) is 8.34. The Morgan fingerprint density at radius 1 is 1.50 bits per heavy atom. The number of hydrogen-bond acceptors (Lipinski definition) is 5. The molecule has 1 amide bonds. The minimum Gasteiger partial charge on any atom is -0.396 e. The van der Waals surface area contributed by atoms with Gasteiger partial charge >= 0.3 is 0 Å². The number of hydrogen-bond donors (Lipinski definition) is 1. The number of rotatable bonds is 5. The van der Waals surface area contributed by atoms with Gasteiger partial charge in [-0.05, 0) is 18.9 Å². The molecule has 0 aromatic carbocycles. The van der Waals surface area contributed by atoms with Gasteiger partial charge < -0.3 is 10.0 Å².